The Morgan fingerprint density at radius 2 is 2.11 bits per heavy atom. The van der Waals surface area contributed by atoms with E-state index in [0.29, 0.717) is 29.8 Å². The lowest BCUT2D eigenvalue weighted by atomic mass is 10.2. The molecule has 0 heterocycles. The summed E-state index contributed by atoms with van der Waals surface area (Å²) in [7, 11) is -3.06. The van der Waals surface area contributed by atoms with Crippen molar-refractivity contribution in [2.24, 2.45) is 0 Å². The van der Waals surface area contributed by atoms with Gasteiger partial charge in [-0.3, -0.25) is 0 Å². The lowest BCUT2D eigenvalue weighted by Crippen LogP contribution is -2.20. The van der Waals surface area contributed by atoms with Crippen LogP contribution in [0, 0.1) is 0 Å². The number of hydrogen-bond acceptors (Lipinski definition) is 4. The summed E-state index contributed by atoms with van der Waals surface area (Å²) in [5.74, 6) is -0.457. The molecule has 2 rings (SSSR count). The van der Waals surface area contributed by atoms with Gasteiger partial charge in [0.2, 0.25) is 0 Å². The summed E-state index contributed by atoms with van der Waals surface area (Å²) in [5, 5.41) is 0.0690. The zero-order valence-electron chi connectivity index (χ0n) is 10.5. The first kappa shape index (κ1) is 14.3. The van der Waals surface area contributed by atoms with Crippen LogP contribution in [0.4, 0.5) is 0 Å². The molecule has 2 atom stereocenters. The van der Waals surface area contributed by atoms with Crippen molar-refractivity contribution in [1.29, 1.82) is 0 Å². The Morgan fingerprint density at radius 1 is 1.37 bits per heavy atom. The van der Waals surface area contributed by atoms with Crippen LogP contribution >= 0.6 is 11.6 Å². The van der Waals surface area contributed by atoms with Crippen molar-refractivity contribution in [3.8, 4) is 0 Å². The Bertz CT molecular complexity index is 582. The van der Waals surface area contributed by atoms with Gasteiger partial charge in [0.1, 0.15) is 15.9 Å². The van der Waals surface area contributed by atoms with Crippen LogP contribution in [0.15, 0.2) is 24.3 Å². The predicted molar refractivity (Wildman–Crippen MR) is 73.1 cm³/mol. The van der Waals surface area contributed by atoms with Crippen molar-refractivity contribution >= 4 is 27.4 Å². The van der Waals surface area contributed by atoms with Gasteiger partial charge >= 0.3 is 5.97 Å². The first-order valence-corrected chi connectivity index (χ1v) is 8.35. The monoisotopic (exact) mass is 302 g/mol. The molecule has 6 heteroatoms. The van der Waals surface area contributed by atoms with Crippen LogP contribution in [0.2, 0.25) is 5.02 Å². The molecule has 0 aliphatic heterocycles. The van der Waals surface area contributed by atoms with E-state index in [0.717, 1.165) is 0 Å². The normalized spacial score (nSPS) is 23.3. The molecule has 1 fully saturated rings. The van der Waals surface area contributed by atoms with Crippen molar-refractivity contribution < 1.29 is 17.9 Å². The zero-order chi connectivity index (χ0) is 14.0. The predicted octanol–water partition coefficient (Wildman–Crippen LogP) is 2.46. The minimum absolute atomic E-state index is 0.328. The van der Waals surface area contributed by atoms with E-state index in [9.17, 15) is 13.2 Å². The molecule has 4 nitrogen and oxygen atoms in total. The van der Waals surface area contributed by atoms with Crippen LogP contribution in [0.3, 0.4) is 0 Å². The maximum atomic E-state index is 11.9. The maximum absolute atomic E-state index is 11.9. The molecule has 1 aromatic rings. The second kappa shape index (κ2) is 5.51. The SMILES string of the molecule is CS(=O)(=O)[C@@H]1CC[C@H](OC(=O)c2cccc(Cl)c2)C1. The fourth-order valence-electron chi connectivity index (χ4n) is 2.23. The maximum Gasteiger partial charge on any atom is 0.338 e. The van der Waals surface area contributed by atoms with E-state index in [-0.39, 0.29) is 6.10 Å². The molecule has 1 saturated carbocycles. The van der Waals surface area contributed by atoms with Crippen molar-refractivity contribution in [3.05, 3.63) is 34.9 Å². The molecular weight excluding hydrogens is 288 g/mol. The minimum Gasteiger partial charge on any atom is -0.459 e. The minimum atomic E-state index is -3.06. The number of carbonyl (C=O) groups excluding carboxylic acids is 1. The van der Waals surface area contributed by atoms with E-state index in [2.05, 4.69) is 0 Å². The highest BCUT2D eigenvalue weighted by Gasteiger charge is 2.33. The number of carbonyl (C=O) groups is 1. The van der Waals surface area contributed by atoms with E-state index >= 15 is 0 Å². The Hall–Kier alpha value is -1.07. The largest absolute Gasteiger partial charge is 0.459 e. The quantitative estimate of drug-likeness (QED) is 0.805. The molecule has 104 valence electrons. The number of sulfone groups is 1. The lowest BCUT2D eigenvalue weighted by Gasteiger charge is -2.12. The van der Waals surface area contributed by atoms with Gasteiger partial charge in [-0.05, 0) is 31.0 Å². The van der Waals surface area contributed by atoms with Gasteiger partial charge in [-0.15, -0.1) is 0 Å². The Labute approximate surface area is 117 Å². The number of hydrogen-bond donors (Lipinski definition) is 0. The van der Waals surface area contributed by atoms with Gasteiger partial charge in [0.05, 0.1) is 10.8 Å². The number of benzene rings is 1. The van der Waals surface area contributed by atoms with Crippen LogP contribution < -0.4 is 0 Å². The van der Waals surface area contributed by atoms with E-state index < -0.39 is 21.1 Å². The van der Waals surface area contributed by atoms with Gasteiger partial charge in [-0.25, -0.2) is 13.2 Å². The fraction of sp³-hybridized carbons (Fsp3) is 0.462. The second-order valence-corrected chi connectivity index (χ2v) is 7.56. The van der Waals surface area contributed by atoms with Crippen molar-refractivity contribution in [3.63, 3.8) is 0 Å². The fourth-order valence-corrected chi connectivity index (χ4v) is 3.55. The van der Waals surface area contributed by atoms with Gasteiger partial charge in [0, 0.05) is 17.7 Å². The van der Waals surface area contributed by atoms with Gasteiger partial charge in [0.15, 0.2) is 0 Å². The van der Waals surface area contributed by atoms with Gasteiger partial charge in [-0.1, -0.05) is 17.7 Å². The summed E-state index contributed by atoms with van der Waals surface area (Å²) < 4.78 is 28.2. The molecule has 0 aromatic heterocycles. The number of halogens is 1. The van der Waals surface area contributed by atoms with E-state index in [1.165, 1.54) is 12.3 Å². The second-order valence-electron chi connectivity index (χ2n) is 4.80. The molecule has 1 aliphatic carbocycles. The standard InChI is InChI=1S/C13H15ClO4S/c1-19(16,17)12-6-5-11(8-12)18-13(15)9-3-2-4-10(14)7-9/h2-4,7,11-12H,5-6,8H2,1H3/t11-,12+/m0/s1. The molecule has 0 saturated heterocycles. The summed E-state index contributed by atoms with van der Waals surface area (Å²) in [6, 6.07) is 6.50. The number of rotatable bonds is 3. The third-order valence-electron chi connectivity index (χ3n) is 3.28. The Morgan fingerprint density at radius 3 is 2.68 bits per heavy atom. The van der Waals surface area contributed by atoms with Crippen LogP contribution in [0.5, 0.6) is 0 Å². The van der Waals surface area contributed by atoms with E-state index in [4.69, 9.17) is 16.3 Å². The van der Waals surface area contributed by atoms with Crippen LogP contribution in [0.1, 0.15) is 29.6 Å². The van der Waals surface area contributed by atoms with Crippen molar-refractivity contribution in [2.75, 3.05) is 6.26 Å². The topological polar surface area (TPSA) is 60.4 Å². The summed E-state index contributed by atoms with van der Waals surface area (Å²) >= 11 is 5.80. The first-order chi connectivity index (χ1) is 8.86. The third kappa shape index (κ3) is 3.70. The summed E-state index contributed by atoms with van der Waals surface area (Å²) in [5.41, 5.74) is 0.385. The van der Waals surface area contributed by atoms with E-state index in [1.807, 2.05) is 0 Å². The highest BCUT2D eigenvalue weighted by molar-refractivity contribution is 7.91. The highest BCUT2D eigenvalue weighted by Crippen LogP contribution is 2.28. The molecule has 0 unspecified atom stereocenters. The average Bonchev–Trinajstić information content (AvgIpc) is 2.77. The Balaban J connectivity index is 1.98. The molecule has 0 bridgehead atoms. The lowest BCUT2D eigenvalue weighted by molar-refractivity contribution is 0.0318. The van der Waals surface area contributed by atoms with Gasteiger partial charge in [0.25, 0.3) is 0 Å². The van der Waals surface area contributed by atoms with Crippen LogP contribution in [0.25, 0.3) is 0 Å². The van der Waals surface area contributed by atoms with Crippen LogP contribution in [-0.2, 0) is 14.6 Å². The van der Waals surface area contributed by atoms with Crippen molar-refractivity contribution in [1.82, 2.24) is 0 Å². The molecular formula is C13H15ClO4S. The van der Waals surface area contributed by atoms with Gasteiger partial charge < -0.3 is 4.74 Å². The van der Waals surface area contributed by atoms with Crippen LogP contribution in [-0.4, -0.2) is 32.0 Å². The molecule has 19 heavy (non-hydrogen) atoms. The molecule has 1 aliphatic rings. The highest BCUT2D eigenvalue weighted by atomic mass is 35.5. The molecule has 0 N–H and O–H groups in total. The molecule has 0 spiro atoms. The first-order valence-electron chi connectivity index (χ1n) is 6.01. The third-order valence-corrected chi connectivity index (χ3v) is 5.15. The average molecular weight is 303 g/mol. The summed E-state index contributed by atoms with van der Waals surface area (Å²) in [4.78, 5) is 11.9. The summed E-state index contributed by atoms with van der Waals surface area (Å²) in [6.45, 7) is 0. The molecule has 0 amide bonds. The smallest absolute Gasteiger partial charge is 0.338 e. The summed E-state index contributed by atoms with van der Waals surface area (Å²) in [6.07, 6.45) is 2.41. The Kier molecular flexibility index (Phi) is 4.16. The molecule has 0 radical (unpaired) electrons. The number of esters is 1. The van der Waals surface area contributed by atoms with Crippen molar-refractivity contribution in [2.45, 2.75) is 30.6 Å². The molecule has 1 aromatic carbocycles. The van der Waals surface area contributed by atoms with E-state index in [1.54, 1.807) is 18.2 Å². The number of ether oxygens (including phenoxy) is 1. The van der Waals surface area contributed by atoms with Gasteiger partial charge in [-0.2, -0.15) is 0 Å². The zero-order valence-corrected chi connectivity index (χ0v) is 12.1.